The number of carbonyl (C=O) groups is 1. The highest BCUT2D eigenvalue weighted by atomic mass is 35.5. The number of amides is 1. The van der Waals surface area contributed by atoms with Crippen LogP contribution in [0.3, 0.4) is 0 Å². The van der Waals surface area contributed by atoms with Crippen molar-refractivity contribution in [2.24, 2.45) is 5.92 Å². The number of carbonyl (C=O) groups excluding carboxylic acids is 1. The summed E-state index contributed by atoms with van der Waals surface area (Å²) >= 11 is 12.1. The van der Waals surface area contributed by atoms with Gasteiger partial charge < -0.3 is 10.1 Å². The number of sulfonamides is 1. The average molecular weight is 499 g/mol. The number of methoxy groups -OCH3 is 1. The minimum Gasteiger partial charge on any atom is -0.497 e. The van der Waals surface area contributed by atoms with E-state index in [0.717, 1.165) is 17.7 Å². The first kappa shape index (κ1) is 24.8. The normalized spacial score (nSPS) is 18.2. The molecule has 1 fully saturated rings. The van der Waals surface area contributed by atoms with Gasteiger partial charge in [0.1, 0.15) is 5.75 Å². The lowest BCUT2D eigenvalue weighted by Crippen LogP contribution is -2.46. The lowest BCUT2D eigenvalue weighted by molar-refractivity contribution is -0.126. The molecule has 2 atom stereocenters. The summed E-state index contributed by atoms with van der Waals surface area (Å²) in [5, 5.41) is 3.86. The summed E-state index contributed by atoms with van der Waals surface area (Å²) in [4.78, 5) is 13.0. The van der Waals surface area contributed by atoms with E-state index < -0.39 is 15.9 Å². The molecular weight excluding hydrogens is 471 g/mol. The maximum absolute atomic E-state index is 13.0. The van der Waals surface area contributed by atoms with E-state index in [1.165, 1.54) is 10.4 Å². The maximum Gasteiger partial charge on any atom is 0.224 e. The number of halogens is 2. The second-order valence-electron chi connectivity index (χ2n) is 7.93. The molecule has 3 rings (SSSR count). The number of nitrogens with zero attached hydrogens (tertiary/aromatic N) is 1. The third-order valence-electron chi connectivity index (χ3n) is 5.74. The standard InChI is InChI=1S/C23H28Cl2N2O4S/c1-3-22(16-7-10-20(31-2)11-8-16)26-23(28)17-5-4-12-27(14-17)32(29,30)15-18-6-9-19(24)13-21(18)25/h6-11,13,17,22H,3-5,12,14-15H2,1-2H3,(H,26,28)/t17-,22+/m1/s1. The topological polar surface area (TPSA) is 75.7 Å². The number of hydrogen-bond acceptors (Lipinski definition) is 4. The van der Waals surface area contributed by atoms with Crippen molar-refractivity contribution in [3.63, 3.8) is 0 Å². The van der Waals surface area contributed by atoms with E-state index in [4.69, 9.17) is 27.9 Å². The first-order valence-electron chi connectivity index (χ1n) is 10.6. The van der Waals surface area contributed by atoms with Crippen LogP contribution in [0.2, 0.25) is 10.0 Å². The molecular formula is C23H28Cl2N2O4S. The van der Waals surface area contributed by atoms with E-state index in [1.807, 2.05) is 31.2 Å². The van der Waals surface area contributed by atoms with Crippen molar-refractivity contribution >= 4 is 39.1 Å². The molecule has 32 heavy (non-hydrogen) atoms. The Bertz CT molecular complexity index is 1040. The molecule has 0 unspecified atom stereocenters. The van der Waals surface area contributed by atoms with Crippen molar-refractivity contribution in [1.29, 1.82) is 0 Å². The summed E-state index contributed by atoms with van der Waals surface area (Å²) in [7, 11) is -2.01. The Kier molecular flexibility index (Phi) is 8.44. The Morgan fingerprint density at radius 3 is 2.56 bits per heavy atom. The molecule has 1 aliphatic heterocycles. The van der Waals surface area contributed by atoms with Gasteiger partial charge in [-0.1, -0.05) is 48.3 Å². The SMILES string of the molecule is CC[C@H](NC(=O)[C@@H]1CCCN(S(=O)(=O)Cc2ccc(Cl)cc2Cl)C1)c1ccc(OC)cc1. The minimum absolute atomic E-state index is 0.128. The summed E-state index contributed by atoms with van der Waals surface area (Å²) in [5.41, 5.74) is 1.48. The summed E-state index contributed by atoms with van der Waals surface area (Å²) in [5.74, 6) is 0.00767. The smallest absolute Gasteiger partial charge is 0.224 e. The molecule has 1 aliphatic rings. The van der Waals surface area contributed by atoms with Gasteiger partial charge >= 0.3 is 0 Å². The first-order valence-corrected chi connectivity index (χ1v) is 13.0. The van der Waals surface area contributed by atoms with Gasteiger partial charge in [-0.2, -0.15) is 0 Å². The van der Waals surface area contributed by atoms with Crippen molar-refractivity contribution in [3.8, 4) is 5.75 Å². The van der Waals surface area contributed by atoms with Crippen molar-refractivity contribution in [3.05, 3.63) is 63.6 Å². The molecule has 2 aromatic carbocycles. The zero-order chi connectivity index (χ0) is 23.3. The zero-order valence-electron chi connectivity index (χ0n) is 18.2. The average Bonchev–Trinajstić information content (AvgIpc) is 2.79. The second-order valence-corrected chi connectivity index (χ2v) is 10.7. The first-order chi connectivity index (χ1) is 15.2. The molecule has 0 bridgehead atoms. The van der Waals surface area contributed by atoms with Crippen LogP contribution in [0.15, 0.2) is 42.5 Å². The largest absolute Gasteiger partial charge is 0.497 e. The molecule has 6 nitrogen and oxygen atoms in total. The summed E-state index contributed by atoms with van der Waals surface area (Å²) in [6.45, 7) is 2.56. The zero-order valence-corrected chi connectivity index (χ0v) is 20.5. The predicted molar refractivity (Wildman–Crippen MR) is 128 cm³/mol. The van der Waals surface area contributed by atoms with Crippen molar-refractivity contribution in [2.45, 2.75) is 38.0 Å². The van der Waals surface area contributed by atoms with E-state index in [0.29, 0.717) is 35.0 Å². The lowest BCUT2D eigenvalue weighted by atomic mass is 9.97. The minimum atomic E-state index is -3.62. The molecule has 0 spiro atoms. The fraction of sp³-hybridized carbons (Fsp3) is 0.435. The molecule has 1 saturated heterocycles. The van der Waals surface area contributed by atoms with Crippen LogP contribution in [0.25, 0.3) is 0 Å². The Morgan fingerprint density at radius 2 is 1.94 bits per heavy atom. The van der Waals surface area contributed by atoms with Crippen molar-refractivity contribution < 1.29 is 17.9 Å². The Labute approximate surface area is 199 Å². The highest BCUT2D eigenvalue weighted by molar-refractivity contribution is 7.88. The third-order valence-corrected chi connectivity index (χ3v) is 8.13. The predicted octanol–water partition coefficient (Wildman–Crippen LogP) is 4.81. The Hall–Kier alpha value is -1.80. The lowest BCUT2D eigenvalue weighted by Gasteiger charge is -2.32. The highest BCUT2D eigenvalue weighted by Crippen LogP contribution is 2.27. The number of ether oxygens (including phenoxy) is 1. The van der Waals surface area contributed by atoms with Gasteiger partial charge in [-0.3, -0.25) is 4.79 Å². The number of rotatable bonds is 8. The van der Waals surface area contributed by atoms with Gasteiger partial charge in [0.2, 0.25) is 15.9 Å². The van der Waals surface area contributed by atoms with E-state index in [-0.39, 0.29) is 24.2 Å². The van der Waals surface area contributed by atoms with Crippen LogP contribution >= 0.6 is 23.2 Å². The quantitative estimate of drug-likeness (QED) is 0.566. The molecule has 1 amide bonds. The van der Waals surface area contributed by atoms with Crippen LogP contribution in [0.5, 0.6) is 5.75 Å². The van der Waals surface area contributed by atoms with E-state index >= 15 is 0 Å². The van der Waals surface area contributed by atoms with Crippen LogP contribution < -0.4 is 10.1 Å². The monoisotopic (exact) mass is 498 g/mol. The molecule has 0 aliphatic carbocycles. The molecule has 9 heteroatoms. The van der Waals surface area contributed by atoms with Crippen LogP contribution in [0.1, 0.15) is 43.4 Å². The van der Waals surface area contributed by atoms with Gasteiger partial charge in [-0.05, 0) is 54.7 Å². The summed E-state index contributed by atoms with van der Waals surface area (Å²) in [6, 6.07) is 12.2. The Morgan fingerprint density at radius 1 is 1.22 bits per heavy atom. The molecule has 0 radical (unpaired) electrons. The van der Waals surface area contributed by atoms with Crippen LogP contribution in [0, 0.1) is 5.92 Å². The number of hydrogen-bond donors (Lipinski definition) is 1. The molecule has 0 saturated carbocycles. The van der Waals surface area contributed by atoms with E-state index in [2.05, 4.69) is 5.32 Å². The van der Waals surface area contributed by atoms with Crippen LogP contribution in [-0.4, -0.2) is 38.8 Å². The van der Waals surface area contributed by atoms with Crippen molar-refractivity contribution in [1.82, 2.24) is 9.62 Å². The van der Waals surface area contributed by atoms with Gasteiger partial charge in [-0.15, -0.1) is 0 Å². The van der Waals surface area contributed by atoms with Crippen molar-refractivity contribution in [2.75, 3.05) is 20.2 Å². The van der Waals surface area contributed by atoms with Gasteiger partial charge in [0.25, 0.3) is 0 Å². The molecule has 2 aromatic rings. The Balaban J connectivity index is 1.66. The second kappa shape index (κ2) is 10.9. The van der Waals surface area contributed by atoms with Crippen LogP contribution in [-0.2, 0) is 20.6 Å². The molecule has 174 valence electrons. The van der Waals surface area contributed by atoms with E-state index in [1.54, 1.807) is 19.2 Å². The van der Waals surface area contributed by atoms with Gasteiger partial charge in [0.05, 0.1) is 24.8 Å². The molecule has 1 N–H and O–H groups in total. The summed E-state index contributed by atoms with van der Waals surface area (Å²) in [6.07, 6.45) is 2.01. The fourth-order valence-corrected chi connectivity index (χ4v) is 6.08. The third kappa shape index (κ3) is 6.16. The molecule has 1 heterocycles. The fourth-order valence-electron chi connectivity index (χ4n) is 3.88. The van der Waals surface area contributed by atoms with E-state index in [9.17, 15) is 13.2 Å². The van der Waals surface area contributed by atoms with Gasteiger partial charge in [0, 0.05) is 23.1 Å². The summed E-state index contributed by atoms with van der Waals surface area (Å²) < 4.78 is 32.6. The molecule has 0 aromatic heterocycles. The van der Waals surface area contributed by atoms with Crippen LogP contribution in [0.4, 0.5) is 0 Å². The number of piperidine rings is 1. The van der Waals surface area contributed by atoms with Gasteiger partial charge in [-0.25, -0.2) is 12.7 Å². The number of nitrogens with one attached hydrogen (secondary N) is 1. The number of benzene rings is 2. The highest BCUT2D eigenvalue weighted by Gasteiger charge is 2.33. The maximum atomic E-state index is 13.0. The van der Waals surface area contributed by atoms with Gasteiger partial charge in [0.15, 0.2) is 0 Å².